The summed E-state index contributed by atoms with van der Waals surface area (Å²) in [5, 5.41) is 11.9. The number of nitrogens with one attached hydrogen (secondary N) is 1. The molecular weight excluding hydrogens is 385 g/mol. The second kappa shape index (κ2) is 5.70. The molecule has 0 amide bonds. The third-order valence-electron chi connectivity index (χ3n) is 2.27. The Labute approximate surface area is 126 Å². The van der Waals surface area contributed by atoms with E-state index in [0.717, 1.165) is 0 Å². The van der Waals surface area contributed by atoms with Crippen LogP contribution in [0.4, 0.5) is 15.9 Å². The highest BCUT2D eigenvalue weighted by Gasteiger charge is 2.10. The normalized spacial score (nSPS) is 10.3. The molecule has 1 aromatic heterocycles. The zero-order valence-electron chi connectivity index (χ0n) is 9.32. The van der Waals surface area contributed by atoms with Crippen molar-refractivity contribution in [1.82, 2.24) is 4.98 Å². The van der Waals surface area contributed by atoms with Crippen LogP contribution < -0.4 is 5.32 Å². The fraction of sp³-hybridized carbons (Fsp3) is 0. The van der Waals surface area contributed by atoms with Crippen molar-refractivity contribution in [2.45, 2.75) is 0 Å². The topological polar surface area (TPSA) is 62.2 Å². The number of carboxylic acids is 1. The van der Waals surface area contributed by atoms with Crippen LogP contribution in [0.2, 0.25) is 5.02 Å². The van der Waals surface area contributed by atoms with Crippen LogP contribution in [0.5, 0.6) is 0 Å². The van der Waals surface area contributed by atoms with E-state index in [0.29, 0.717) is 15.1 Å². The maximum atomic E-state index is 13.0. The fourth-order valence-corrected chi connectivity index (χ4v) is 2.19. The molecule has 2 aromatic rings. The first kappa shape index (κ1) is 14.0. The molecule has 0 bridgehead atoms. The maximum Gasteiger partial charge on any atom is 0.337 e. The minimum absolute atomic E-state index is 0.00403. The van der Waals surface area contributed by atoms with Gasteiger partial charge in [0.1, 0.15) is 11.6 Å². The number of aromatic nitrogens is 1. The van der Waals surface area contributed by atoms with Crippen LogP contribution in [0.3, 0.4) is 0 Å². The molecule has 0 radical (unpaired) electrons. The maximum absolute atomic E-state index is 13.0. The number of nitrogens with zero attached hydrogens (tertiary/aromatic N) is 1. The van der Waals surface area contributed by atoms with Crippen molar-refractivity contribution in [3.8, 4) is 0 Å². The average molecular weight is 393 g/mol. The molecule has 1 heterocycles. The van der Waals surface area contributed by atoms with Crippen LogP contribution in [0, 0.1) is 9.39 Å². The molecule has 0 atom stereocenters. The highest BCUT2D eigenvalue weighted by Crippen LogP contribution is 2.27. The zero-order chi connectivity index (χ0) is 14.0. The second-order valence-electron chi connectivity index (χ2n) is 3.61. The van der Waals surface area contributed by atoms with Crippen LogP contribution in [0.1, 0.15) is 10.4 Å². The Morgan fingerprint density at radius 2 is 2.16 bits per heavy atom. The number of aromatic carboxylic acids is 1. The highest BCUT2D eigenvalue weighted by molar-refractivity contribution is 14.1. The molecule has 0 unspecified atom stereocenters. The van der Waals surface area contributed by atoms with E-state index < -0.39 is 5.97 Å². The number of benzene rings is 1. The molecule has 0 saturated carbocycles. The molecule has 19 heavy (non-hydrogen) atoms. The van der Waals surface area contributed by atoms with Crippen molar-refractivity contribution in [1.29, 1.82) is 0 Å². The van der Waals surface area contributed by atoms with Crippen molar-refractivity contribution in [3.05, 3.63) is 50.4 Å². The Hall–Kier alpha value is -1.41. The lowest BCUT2D eigenvalue weighted by Crippen LogP contribution is -2.01. The van der Waals surface area contributed by atoms with Gasteiger partial charge in [0.05, 0.1) is 16.3 Å². The molecule has 0 aliphatic rings. The van der Waals surface area contributed by atoms with E-state index in [-0.39, 0.29) is 16.4 Å². The summed E-state index contributed by atoms with van der Waals surface area (Å²) in [4.78, 5) is 14.7. The number of hydrogen-bond acceptors (Lipinski definition) is 3. The lowest BCUT2D eigenvalue weighted by Gasteiger charge is -2.09. The summed E-state index contributed by atoms with van der Waals surface area (Å²) in [5.41, 5.74) is 0.642. The molecule has 0 spiro atoms. The largest absolute Gasteiger partial charge is 0.478 e. The minimum atomic E-state index is -1.10. The van der Waals surface area contributed by atoms with Gasteiger partial charge >= 0.3 is 5.97 Å². The predicted octanol–water partition coefficient (Wildman–Crippen LogP) is 3.92. The summed E-state index contributed by atoms with van der Waals surface area (Å²) in [6.45, 7) is 0. The van der Waals surface area contributed by atoms with Crippen LogP contribution in [0.25, 0.3) is 0 Å². The van der Waals surface area contributed by atoms with Gasteiger partial charge in [-0.05, 0) is 46.9 Å². The minimum Gasteiger partial charge on any atom is -0.478 e. The zero-order valence-corrected chi connectivity index (χ0v) is 12.2. The molecule has 98 valence electrons. The van der Waals surface area contributed by atoms with Crippen LogP contribution in [0.15, 0.2) is 30.5 Å². The monoisotopic (exact) mass is 392 g/mol. The van der Waals surface area contributed by atoms with Crippen LogP contribution in [-0.4, -0.2) is 16.1 Å². The average Bonchev–Trinajstić information content (AvgIpc) is 2.34. The Bertz CT molecular complexity index is 652. The first-order valence-electron chi connectivity index (χ1n) is 5.08. The predicted molar refractivity (Wildman–Crippen MR) is 78.6 cm³/mol. The number of carbonyl (C=O) groups is 1. The van der Waals surface area contributed by atoms with Crippen LogP contribution >= 0.6 is 34.2 Å². The third-order valence-corrected chi connectivity index (χ3v) is 3.45. The smallest absolute Gasteiger partial charge is 0.337 e. The molecule has 0 aliphatic heterocycles. The quantitative estimate of drug-likeness (QED) is 0.777. The van der Waals surface area contributed by atoms with Gasteiger partial charge in [0.25, 0.3) is 0 Å². The van der Waals surface area contributed by atoms with Gasteiger partial charge in [-0.1, -0.05) is 11.6 Å². The summed E-state index contributed by atoms with van der Waals surface area (Å²) >= 11 is 7.92. The molecular formula is C12H7ClFIN2O2. The molecule has 0 saturated heterocycles. The van der Waals surface area contributed by atoms with E-state index >= 15 is 0 Å². The summed E-state index contributed by atoms with van der Waals surface area (Å²) in [7, 11) is 0. The molecule has 0 aliphatic carbocycles. The Morgan fingerprint density at radius 1 is 1.42 bits per heavy atom. The van der Waals surface area contributed by atoms with E-state index in [1.807, 2.05) is 22.6 Å². The summed E-state index contributed by atoms with van der Waals surface area (Å²) in [5.74, 6) is -1.12. The van der Waals surface area contributed by atoms with E-state index in [1.54, 1.807) is 6.07 Å². The van der Waals surface area contributed by atoms with E-state index in [1.165, 1.54) is 24.4 Å². The van der Waals surface area contributed by atoms with Gasteiger partial charge in [0.15, 0.2) is 0 Å². The number of halogens is 3. The van der Waals surface area contributed by atoms with Gasteiger partial charge in [-0.3, -0.25) is 0 Å². The highest BCUT2D eigenvalue weighted by atomic mass is 127. The first-order chi connectivity index (χ1) is 8.97. The lowest BCUT2D eigenvalue weighted by molar-refractivity contribution is 0.0696. The van der Waals surface area contributed by atoms with Crippen molar-refractivity contribution in [2.24, 2.45) is 0 Å². The molecule has 7 heteroatoms. The summed E-state index contributed by atoms with van der Waals surface area (Å²) in [6, 6.07) is 5.53. The van der Waals surface area contributed by atoms with Crippen molar-refractivity contribution in [2.75, 3.05) is 5.32 Å². The van der Waals surface area contributed by atoms with Gasteiger partial charge in [-0.25, -0.2) is 14.2 Å². The van der Waals surface area contributed by atoms with Gasteiger partial charge in [0, 0.05) is 9.77 Å². The van der Waals surface area contributed by atoms with Crippen LogP contribution in [-0.2, 0) is 0 Å². The number of rotatable bonds is 3. The van der Waals surface area contributed by atoms with E-state index in [4.69, 9.17) is 16.7 Å². The number of pyridine rings is 1. The van der Waals surface area contributed by atoms with Crippen molar-refractivity contribution in [3.63, 3.8) is 0 Å². The first-order valence-corrected chi connectivity index (χ1v) is 6.54. The Balaban J connectivity index is 2.31. The van der Waals surface area contributed by atoms with Gasteiger partial charge in [0.2, 0.25) is 0 Å². The standard InChI is InChI=1S/C12H7ClFIN2O2/c13-8-3-6(12(18)19)5-16-11(8)17-10-2-1-7(14)4-9(10)15/h1-5H,(H,16,17)(H,18,19). The summed E-state index contributed by atoms with van der Waals surface area (Å²) in [6.07, 6.45) is 1.20. The third kappa shape index (κ3) is 3.32. The van der Waals surface area contributed by atoms with Gasteiger partial charge in [-0.2, -0.15) is 0 Å². The number of anilines is 2. The van der Waals surface area contributed by atoms with Gasteiger partial charge in [-0.15, -0.1) is 0 Å². The molecule has 2 N–H and O–H groups in total. The lowest BCUT2D eigenvalue weighted by atomic mass is 10.2. The Morgan fingerprint density at radius 3 is 2.74 bits per heavy atom. The molecule has 2 rings (SSSR count). The van der Waals surface area contributed by atoms with Crippen molar-refractivity contribution >= 4 is 51.7 Å². The molecule has 1 aromatic carbocycles. The van der Waals surface area contributed by atoms with Crippen molar-refractivity contribution < 1.29 is 14.3 Å². The molecule has 0 fully saturated rings. The fourth-order valence-electron chi connectivity index (χ4n) is 1.37. The number of carboxylic acid groups (broad SMARTS) is 1. The second-order valence-corrected chi connectivity index (χ2v) is 5.18. The Kier molecular flexibility index (Phi) is 4.20. The van der Waals surface area contributed by atoms with E-state index in [2.05, 4.69) is 10.3 Å². The van der Waals surface area contributed by atoms with E-state index in [9.17, 15) is 9.18 Å². The summed E-state index contributed by atoms with van der Waals surface area (Å²) < 4.78 is 13.6. The van der Waals surface area contributed by atoms with Gasteiger partial charge < -0.3 is 10.4 Å². The molecule has 4 nitrogen and oxygen atoms in total. The number of hydrogen-bond donors (Lipinski definition) is 2. The SMILES string of the molecule is O=C(O)c1cnc(Nc2ccc(F)cc2I)c(Cl)c1.